The van der Waals surface area contributed by atoms with E-state index < -0.39 is 21.0 Å². The molecule has 1 amide bonds. The molecule has 9 nitrogen and oxygen atoms in total. The van der Waals surface area contributed by atoms with Crippen molar-refractivity contribution in [3.63, 3.8) is 0 Å². The first kappa shape index (κ1) is 17.9. The summed E-state index contributed by atoms with van der Waals surface area (Å²) in [5.41, 5.74) is 0.254. The molecule has 1 N–H and O–H groups in total. The monoisotopic (exact) mass is 379 g/mol. The van der Waals surface area contributed by atoms with E-state index in [1.54, 1.807) is 13.8 Å². The molecule has 10 heteroatoms. The van der Waals surface area contributed by atoms with Crippen molar-refractivity contribution >= 4 is 27.5 Å². The molecule has 0 saturated heterocycles. The Balaban J connectivity index is 1.71. The van der Waals surface area contributed by atoms with Gasteiger partial charge in [-0.3, -0.25) is 10.1 Å². The summed E-state index contributed by atoms with van der Waals surface area (Å²) in [7, 11) is -3.39. The van der Waals surface area contributed by atoms with Gasteiger partial charge in [-0.15, -0.1) is 5.10 Å². The highest BCUT2D eigenvalue weighted by Crippen LogP contribution is 2.20. The molecule has 3 rings (SSSR count). The van der Waals surface area contributed by atoms with E-state index in [1.807, 2.05) is 0 Å². The van der Waals surface area contributed by atoms with Crippen molar-refractivity contribution in [2.24, 2.45) is 0 Å². The van der Waals surface area contributed by atoms with E-state index in [0.29, 0.717) is 13.2 Å². The zero-order valence-electron chi connectivity index (χ0n) is 14.1. The fourth-order valence-electron chi connectivity index (χ4n) is 2.09. The quantitative estimate of drug-likeness (QED) is 0.835. The van der Waals surface area contributed by atoms with Crippen LogP contribution >= 0.6 is 0 Å². The molecule has 0 bridgehead atoms. The number of benzene rings is 1. The third-order valence-corrected chi connectivity index (χ3v) is 5.74. The summed E-state index contributed by atoms with van der Waals surface area (Å²) in [4.78, 5) is 12.4. The van der Waals surface area contributed by atoms with Gasteiger partial charge < -0.3 is 13.9 Å². The van der Waals surface area contributed by atoms with Gasteiger partial charge in [0.2, 0.25) is 5.76 Å². The highest BCUT2D eigenvalue weighted by atomic mass is 32.2. The zero-order valence-corrected chi connectivity index (χ0v) is 14.9. The number of sulfone groups is 1. The van der Waals surface area contributed by atoms with Gasteiger partial charge in [-0.2, -0.15) is 0 Å². The van der Waals surface area contributed by atoms with Crippen LogP contribution in [0.5, 0.6) is 0 Å². The molecule has 0 radical (unpaired) electrons. The number of hydrogen-bond donors (Lipinski definition) is 1. The minimum absolute atomic E-state index is 0.0818. The fraction of sp³-hybridized carbons (Fsp3) is 0.312. The predicted octanol–water partition coefficient (Wildman–Crippen LogP) is 1.85. The molecule has 0 aliphatic carbocycles. The van der Waals surface area contributed by atoms with Crippen molar-refractivity contribution in [3.05, 3.63) is 42.0 Å². The van der Waals surface area contributed by atoms with Crippen molar-refractivity contribution in [2.45, 2.75) is 24.0 Å². The fourth-order valence-corrected chi connectivity index (χ4v) is 3.15. The first-order chi connectivity index (χ1) is 12.4. The predicted molar refractivity (Wildman–Crippen MR) is 90.9 cm³/mol. The van der Waals surface area contributed by atoms with Crippen LogP contribution in [0, 0.1) is 0 Å². The molecular formula is C16H17N3O6S. The first-order valence-electron chi connectivity index (χ1n) is 7.81. The van der Waals surface area contributed by atoms with Gasteiger partial charge in [0.05, 0.1) is 10.1 Å². The molecule has 1 aromatic carbocycles. The lowest BCUT2D eigenvalue weighted by Crippen LogP contribution is -2.15. The van der Waals surface area contributed by atoms with Crippen LogP contribution in [0.2, 0.25) is 0 Å². The highest BCUT2D eigenvalue weighted by Gasteiger charge is 2.20. The van der Waals surface area contributed by atoms with Gasteiger partial charge in [0.1, 0.15) is 19.5 Å². The van der Waals surface area contributed by atoms with Crippen molar-refractivity contribution in [1.82, 2.24) is 10.2 Å². The highest BCUT2D eigenvalue weighted by molar-refractivity contribution is 7.92. The number of ether oxygens (including phenoxy) is 2. The molecule has 0 spiro atoms. The molecular weight excluding hydrogens is 362 g/mol. The molecule has 0 saturated carbocycles. The van der Waals surface area contributed by atoms with E-state index in [0.717, 1.165) is 0 Å². The van der Waals surface area contributed by atoms with E-state index in [2.05, 4.69) is 15.5 Å². The van der Waals surface area contributed by atoms with Crippen LogP contribution in [0.3, 0.4) is 0 Å². The number of nitrogens with one attached hydrogen (secondary N) is 1. The summed E-state index contributed by atoms with van der Waals surface area (Å²) in [6.07, 6.45) is 1.36. The minimum Gasteiger partial charge on any atom is -0.494 e. The van der Waals surface area contributed by atoms with Crippen LogP contribution in [-0.2, 0) is 19.3 Å². The maximum absolute atomic E-state index is 12.2. The number of carbonyl (C=O) groups excluding carboxylic acids is 1. The Hall–Kier alpha value is -2.88. The van der Waals surface area contributed by atoms with Crippen LogP contribution in [0.25, 0.3) is 5.76 Å². The molecule has 1 aliphatic heterocycles. The van der Waals surface area contributed by atoms with Gasteiger partial charge >= 0.3 is 6.01 Å². The lowest BCUT2D eigenvalue weighted by molar-refractivity contribution is 0.102. The lowest BCUT2D eigenvalue weighted by atomic mass is 10.2. The largest absolute Gasteiger partial charge is 0.494 e. The third-order valence-electron chi connectivity index (χ3n) is 3.57. The Morgan fingerprint density at radius 3 is 2.50 bits per heavy atom. The topological polar surface area (TPSA) is 121 Å². The van der Waals surface area contributed by atoms with Crippen molar-refractivity contribution in [3.8, 4) is 0 Å². The molecule has 0 unspecified atom stereocenters. The molecule has 0 atom stereocenters. The smallest absolute Gasteiger partial charge is 0.322 e. The standard InChI is InChI=1S/C16H17N3O6S/c1-10(2)26(21,22)12-5-3-11(4-6-12)14(20)17-16-19-18-15(25-16)13-9-23-7-8-24-13/h3-6,9-10H,7-8H2,1-2H3,(H,17,19,20). The first-order valence-corrected chi connectivity index (χ1v) is 9.36. The van der Waals surface area contributed by atoms with Gasteiger partial charge in [0.25, 0.3) is 11.8 Å². The van der Waals surface area contributed by atoms with Crippen molar-refractivity contribution in [1.29, 1.82) is 0 Å². The van der Waals surface area contributed by atoms with Crippen molar-refractivity contribution in [2.75, 3.05) is 18.5 Å². The summed E-state index contributed by atoms with van der Waals surface area (Å²) >= 11 is 0. The average Bonchev–Trinajstić information content (AvgIpc) is 3.11. The van der Waals surface area contributed by atoms with Crippen LogP contribution in [0.4, 0.5) is 6.01 Å². The lowest BCUT2D eigenvalue weighted by Gasteiger charge is -2.11. The molecule has 2 heterocycles. The van der Waals surface area contributed by atoms with Crippen molar-refractivity contribution < 1.29 is 27.1 Å². The molecule has 138 valence electrons. The number of carbonyl (C=O) groups is 1. The third kappa shape index (κ3) is 3.69. The number of amides is 1. The number of hydrogen-bond acceptors (Lipinski definition) is 8. The zero-order chi connectivity index (χ0) is 18.7. The van der Waals surface area contributed by atoms with Crippen LogP contribution < -0.4 is 5.32 Å². The SMILES string of the molecule is CC(C)S(=O)(=O)c1ccc(C(=O)Nc2nnc(C3=COCCO3)o2)cc1. The Bertz CT molecular complexity index is 931. The van der Waals surface area contributed by atoms with Gasteiger partial charge in [-0.1, -0.05) is 5.10 Å². The second-order valence-electron chi connectivity index (χ2n) is 5.69. The Morgan fingerprint density at radius 1 is 1.15 bits per heavy atom. The minimum atomic E-state index is -3.39. The van der Waals surface area contributed by atoms with E-state index in [1.165, 1.54) is 30.5 Å². The number of anilines is 1. The summed E-state index contributed by atoms with van der Waals surface area (Å²) in [6.45, 7) is 3.99. The summed E-state index contributed by atoms with van der Waals surface area (Å²) in [5.74, 6) is -0.144. The van der Waals surface area contributed by atoms with Gasteiger partial charge in [-0.25, -0.2) is 8.42 Å². The maximum Gasteiger partial charge on any atom is 0.322 e. The second kappa shape index (κ2) is 7.16. The Morgan fingerprint density at radius 2 is 1.88 bits per heavy atom. The Kier molecular flexibility index (Phi) is 4.94. The summed E-state index contributed by atoms with van der Waals surface area (Å²) < 4.78 is 39.9. The Labute approximate surface area is 149 Å². The molecule has 2 aromatic rings. The van der Waals surface area contributed by atoms with Crippen LogP contribution in [0.1, 0.15) is 30.1 Å². The van der Waals surface area contributed by atoms with E-state index in [9.17, 15) is 13.2 Å². The van der Waals surface area contributed by atoms with Crippen LogP contribution in [0.15, 0.2) is 39.8 Å². The van der Waals surface area contributed by atoms with Gasteiger partial charge in [0.15, 0.2) is 9.84 Å². The van der Waals surface area contributed by atoms with Crippen LogP contribution in [-0.4, -0.2) is 43.0 Å². The van der Waals surface area contributed by atoms with E-state index >= 15 is 0 Å². The molecule has 1 aliphatic rings. The molecule has 0 fully saturated rings. The normalized spacial score (nSPS) is 14.3. The second-order valence-corrected chi connectivity index (χ2v) is 8.19. The van der Waals surface area contributed by atoms with E-state index in [-0.39, 0.29) is 28.1 Å². The maximum atomic E-state index is 12.2. The van der Waals surface area contributed by atoms with E-state index in [4.69, 9.17) is 13.9 Å². The summed E-state index contributed by atoms with van der Waals surface area (Å²) in [6, 6.07) is 5.51. The molecule has 1 aromatic heterocycles. The van der Waals surface area contributed by atoms with Gasteiger partial charge in [-0.05, 0) is 38.1 Å². The average molecular weight is 379 g/mol. The molecule has 26 heavy (non-hydrogen) atoms. The summed E-state index contributed by atoms with van der Waals surface area (Å²) in [5, 5.41) is 9.39. The van der Waals surface area contributed by atoms with Gasteiger partial charge in [0, 0.05) is 5.56 Å². The number of nitrogens with zero attached hydrogens (tertiary/aromatic N) is 2. The number of aromatic nitrogens is 2. The number of rotatable bonds is 5.